The van der Waals surface area contributed by atoms with Crippen molar-refractivity contribution in [3.63, 3.8) is 0 Å². The van der Waals surface area contributed by atoms with E-state index < -0.39 is 0 Å². The van der Waals surface area contributed by atoms with Crippen LogP contribution in [0.5, 0.6) is 0 Å². The van der Waals surface area contributed by atoms with Gasteiger partial charge in [0.2, 0.25) is 0 Å². The summed E-state index contributed by atoms with van der Waals surface area (Å²) in [6, 6.07) is 8.91. The Balaban J connectivity index is 2.18. The van der Waals surface area contributed by atoms with Gasteiger partial charge in [0.25, 0.3) is 5.91 Å². The molecule has 0 saturated heterocycles. The molecule has 4 nitrogen and oxygen atoms in total. The number of carbonyl (C=O) groups is 1. The molecule has 1 heterocycles. The predicted octanol–water partition coefficient (Wildman–Crippen LogP) is 3.34. The molecule has 0 aliphatic carbocycles. The second-order valence-corrected chi connectivity index (χ2v) is 4.53. The summed E-state index contributed by atoms with van der Waals surface area (Å²) in [6.07, 6.45) is 1.60. The standard InChI is InChI=1S/C14H14ClN3O/c1-9-3-5-11(15)13(7-9)18-14(19)12-6-4-10(16-2)8-17-12/h3-8,16H,1-2H3,(H,18,19). The molecule has 0 aliphatic heterocycles. The largest absolute Gasteiger partial charge is 0.387 e. The summed E-state index contributed by atoms with van der Waals surface area (Å²) >= 11 is 6.03. The number of nitrogens with zero attached hydrogens (tertiary/aromatic N) is 1. The molecule has 2 aromatic rings. The van der Waals surface area contributed by atoms with Crippen molar-refractivity contribution in [3.8, 4) is 0 Å². The zero-order valence-corrected chi connectivity index (χ0v) is 11.5. The minimum Gasteiger partial charge on any atom is -0.387 e. The predicted molar refractivity (Wildman–Crippen MR) is 77.9 cm³/mol. The van der Waals surface area contributed by atoms with Crippen molar-refractivity contribution in [2.45, 2.75) is 6.92 Å². The van der Waals surface area contributed by atoms with Crippen LogP contribution in [0.3, 0.4) is 0 Å². The van der Waals surface area contributed by atoms with Gasteiger partial charge in [-0.2, -0.15) is 0 Å². The summed E-state index contributed by atoms with van der Waals surface area (Å²) in [7, 11) is 1.79. The van der Waals surface area contributed by atoms with Gasteiger partial charge in [-0.05, 0) is 36.8 Å². The molecule has 0 unspecified atom stereocenters. The fourth-order valence-corrected chi connectivity index (χ4v) is 1.76. The number of benzene rings is 1. The van der Waals surface area contributed by atoms with Gasteiger partial charge in [-0.25, -0.2) is 4.98 Å². The summed E-state index contributed by atoms with van der Waals surface area (Å²) in [4.78, 5) is 16.1. The van der Waals surface area contributed by atoms with Crippen LogP contribution in [0.4, 0.5) is 11.4 Å². The quantitative estimate of drug-likeness (QED) is 0.903. The number of hydrogen-bond donors (Lipinski definition) is 2. The number of pyridine rings is 1. The third-order valence-electron chi connectivity index (χ3n) is 2.65. The lowest BCUT2D eigenvalue weighted by molar-refractivity contribution is 0.102. The molecule has 2 N–H and O–H groups in total. The molecule has 1 amide bonds. The molecular formula is C14H14ClN3O. The van der Waals surface area contributed by atoms with Gasteiger partial charge in [-0.15, -0.1) is 0 Å². The van der Waals surface area contributed by atoms with Crippen LogP contribution < -0.4 is 10.6 Å². The van der Waals surface area contributed by atoms with E-state index in [1.807, 2.05) is 19.1 Å². The SMILES string of the molecule is CNc1ccc(C(=O)Nc2cc(C)ccc2Cl)nc1. The summed E-state index contributed by atoms with van der Waals surface area (Å²) in [6.45, 7) is 1.94. The Morgan fingerprint density at radius 2 is 2.05 bits per heavy atom. The van der Waals surface area contributed by atoms with Gasteiger partial charge in [0.1, 0.15) is 5.69 Å². The first kappa shape index (κ1) is 13.4. The number of aryl methyl sites for hydroxylation is 1. The monoisotopic (exact) mass is 275 g/mol. The van der Waals surface area contributed by atoms with Crippen molar-refractivity contribution in [2.75, 3.05) is 17.7 Å². The molecule has 5 heteroatoms. The molecule has 2 rings (SSSR count). The maximum atomic E-state index is 12.0. The van der Waals surface area contributed by atoms with Crippen LogP contribution in [0, 0.1) is 6.92 Å². The van der Waals surface area contributed by atoms with E-state index in [1.165, 1.54) is 0 Å². The van der Waals surface area contributed by atoms with Crippen LogP contribution in [-0.4, -0.2) is 17.9 Å². The highest BCUT2D eigenvalue weighted by Gasteiger charge is 2.09. The number of nitrogens with one attached hydrogen (secondary N) is 2. The van der Waals surface area contributed by atoms with Crippen molar-refractivity contribution in [2.24, 2.45) is 0 Å². The lowest BCUT2D eigenvalue weighted by Gasteiger charge is -2.08. The van der Waals surface area contributed by atoms with Crippen molar-refractivity contribution >= 4 is 28.9 Å². The van der Waals surface area contributed by atoms with E-state index in [0.717, 1.165) is 11.3 Å². The molecule has 0 radical (unpaired) electrons. The lowest BCUT2D eigenvalue weighted by atomic mass is 10.2. The lowest BCUT2D eigenvalue weighted by Crippen LogP contribution is -2.14. The molecular weight excluding hydrogens is 262 g/mol. The van der Waals surface area contributed by atoms with Gasteiger partial charge >= 0.3 is 0 Å². The molecule has 0 spiro atoms. The molecule has 0 atom stereocenters. The second-order valence-electron chi connectivity index (χ2n) is 4.12. The molecule has 1 aromatic heterocycles. The fraction of sp³-hybridized carbons (Fsp3) is 0.143. The van der Waals surface area contributed by atoms with Crippen molar-refractivity contribution in [1.29, 1.82) is 0 Å². The van der Waals surface area contributed by atoms with E-state index >= 15 is 0 Å². The summed E-state index contributed by atoms with van der Waals surface area (Å²) in [5, 5.41) is 6.20. The number of rotatable bonds is 3. The normalized spacial score (nSPS) is 10.1. The van der Waals surface area contributed by atoms with Crippen molar-refractivity contribution in [3.05, 3.63) is 52.8 Å². The first-order valence-corrected chi connectivity index (χ1v) is 6.19. The van der Waals surface area contributed by atoms with E-state index in [0.29, 0.717) is 16.4 Å². The number of amides is 1. The Hall–Kier alpha value is -2.07. The van der Waals surface area contributed by atoms with Gasteiger partial charge in [-0.3, -0.25) is 4.79 Å². The number of halogens is 1. The number of anilines is 2. The molecule has 0 bridgehead atoms. The molecule has 98 valence electrons. The van der Waals surface area contributed by atoms with Crippen molar-refractivity contribution < 1.29 is 4.79 Å². The smallest absolute Gasteiger partial charge is 0.274 e. The zero-order valence-electron chi connectivity index (χ0n) is 10.7. The topological polar surface area (TPSA) is 54.0 Å². The van der Waals surface area contributed by atoms with Crippen LogP contribution in [0.1, 0.15) is 16.1 Å². The Morgan fingerprint density at radius 1 is 1.26 bits per heavy atom. The Labute approximate surface area is 116 Å². The van der Waals surface area contributed by atoms with Crippen LogP contribution in [-0.2, 0) is 0 Å². The Bertz CT molecular complexity index is 596. The average molecular weight is 276 g/mol. The third kappa shape index (κ3) is 3.23. The average Bonchev–Trinajstić information content (AvgIpc) is 2.43. The highest BCUT2D eigenvalue weighted by atomic mass is 35.5. The number of hydrogen-bond acceptors (Lipinski definition) is 3. The summed E-state index contributed by atoms with van der Waals surface area (Å²) < 4.78 is 0. The first-order chi connectivity index (χ1) is 9.10. The number of aromatic nitrogens is 1. The maximum Gasteiger partial charge on any atom is 0.274 e. The fourth-order valence-electron chi connectivity index (χ4n) is 1.60. The van der Waals surface area contributed by atoms with Crippen molar-refractivity contribution in [1.82, 2.24) is 4.98 Å². The van der Waals surface area contributed by atoms with E-state index in [1.54, 1.807) is 31.4 Å². The van der Waals surface area contributed by atoms with Crippen LogP contribution in [0.2, 0.25) is 5.02 Å². The molecule has 19 heavy (non-hydrogen) atoms. The third-order valence-corrected chi connectivity index (χ3v) is 2.98. The second kappa shape index (κ2) is 5.71. The number of carbonyl (C=O) groups excluding carboxylic acids is 1. The summed E-state index contributed by atoms with van der Waals surface area (Å²) in [5.41, 5.74) is 2.81. The van der Waals surface area contributed by atoms with Gasteiger partial charge in [-0.1, -0.05) is 17.7 Å². The molecule has 1 aromatic carbocycles. The van der Waals surface area contributed by atoms with Crippen LogP contribution >= 0.6 is 11.6 Å². The maximum absolute atomic E-state index is 12.0. The Kier molecular flexibility index (Phi) is 4.02. The first-order valence-electron chi connectivity index (χ1n) is 5.81. The Morgan fingerprint density at radius 3 is 2.68 bits per heavy atom. The minimum absolute atomic E-state index is 0.282. The van der Waals surface area contributed by atoms with Gasteiger partial charge < -0.3 is 10.6 Å². The van der Waals surface area contributed by atoms with Gasteiger partial charge in [0.05, 0.1) is 22.6 Å². The van der Waals surface area contributed by atoms with Gasteiger partial charge in [0.15, 0.2) is 0 Å². The zero-order chi connectivity index (χ0) is 13.8. The van der Waals surface area contributed by atoms with Crippen LogP contribution in [0.25, 0.3) is 0 Å². The van der Waals surface area contributed by atoms with E-state index in [4.69, 9.17) is 11.6 Å². The van der Waals surface area contributed by atoms with E-state index in [9.17, 15) is 4.79 Å². The van der Waals surface area contributed by atoms with E-state index in [2.05, 4.69) is 15.6 Å². The molecule has 0 fully saturated rings. The molecule has 0 saturated carbocycles. The van der Waals surface area contributed by atoms with Crippen LogP contribution in [0.15, 0.2) is 36.5 Å². The van der Waals surface area contributed by atoms with Gasteiger partial charge in [0, 0.05) is 7.05 Å². The molecule has 0 aliphatic rings. The minimum atomic E-state index is -0.282. The highest BCUT2D eigenvalue weighted by molar-refractivity contribution is 6.33. The highest BCUT2D eigenvalue weighted by Crippen LogP contribution is 2.23. The summed E-state index contributed by atoms with van der Waals surface area (Å²) in [5.74, 6) is -0.282. The van der Waals surface area contributed by atoms with E-state index in [-0.39, 0.29) is 5.91 Å².